The first-order valence-corrected chi connectivity index (χ1v) is 13.3. The van der Waals surface area contributed by atoms with Crippen LogP contribution in [0.3, 0.4) is 0 Å². The lowest BCUT2D eigenvalue weighted by atomic mass is 9.98. The van der Waals surface area contributed by atoms with Gasteiger partial charge in [-0.2, -0.15) is 0 Å². The molecule has 0 aliphatic heterocycles. The molecule has 5 nitrogen and oxygen atoms in total. The maximum Gasteiger partial charge on any atom is 0.249 e. The molecular weight excluding hydrogens is 448 g/mol. The molecule has 0 bridgehead atoms. The molecule has 0 spiro atoms. The summed E-state index contributed by atoms with van der Waals surface area (Å²) in [5, 5.41) is 19.6. The minimum Gasteiger partial charge on any atom is -0.512 e. The molecule has 0 unspecified atom stereocenters. The molecule has 0 saturated heterocycles. The Hall–Kier alpha value is -2.53. The van der Waals surface area contributed by atoms with E-state index < -0.39 is 0 Å². The monoisotopic (exact) mass is 500 g/mol. The van der Waals surface area contributed by atoms with Crippen molar-refractivity contribution in [2.45, 2.75) is 94.7 Å². The lowest BCUT2D eigenvalue weighted by molar-refractivity contribution is -0.126. The highest BCUT2D eigenvalue weighted by atomic mass is 16.3. The van der Waals surface area contributed by atoms with Gasteiger partial charge in [-0.15, -0.1) is 0 Å². The van der Waals surface area contributed by atoms with E-state index in [1.165, 1.54) is 44.5 Å². The number of hydrogen-bond acceptors (Lipinski definition) is 4. The van der Waals surface area contributed by atoms with Gasteiger partial charge in [0.15, 0.2) is 0 Å². The summed E-state index contributed by atoms with van der Waals surface area (Å²) < 4.78 is 0. The lowest BCUT2D eigenvalue weighted by Gasteiger charge is -2.24. The topological polar surface area (TPSA) is 64.0 Å². The molecule has 1 aromatic carbocycles. The second-order valence-electron chi connectivity index (χ2n) is 10.3. The summed E-state index contributed by atoms with van der Waals surface area (Å²) in [7, 11) is 1.78. The van der Waals surface area contributed by atoms with Gasteiger partial charge in [-0.3, -0.25) is 4.79 Å². The number of aliphatic hydroxyl groups excluding tert-OH is 2. The fraction of sp³-hybridized carbons (Fsp3) is 0.581. The van der Waals surface area contributed by atoms with Gasteiger partial charge in [0.05, 0.1) is 5.76 Å². The van der Waals surface area contributed by atoms with Gasteiger partial charge in [0.1, 0.15) is 5.76 Å². The second-order valence-corrected chi connectivity index (χ2v) is 10.3. The Morgan fingerprint density at radius 3 is 1.97 bits per heavy atom. The van der Waals surface area contributed by atoms with Crippen molar-refractivity contribution in [3.63, 3.8) is 0 Å². The summed E-state index contributed by atoms with van der Waals surface area (Å²) in [4.78, 5) is 16.9. The molecule has 204 valence electrons. The summed E-state index contributed by atoms with van der Waals surface area (Å²) in [5.41, 5.74) is 4.59. The van der Waals surface area contributed by atoms with Gasteiger partial charge < -0.3 is 20.0 Å². The van der Waals surface area contributed by atoms with E-state index in [0.717, 1.165) is 17.2 Å². The maximum atomic E-state index is 12.7. The van der Waals surface area contributed by atoms with E-state index in [1.54, 1.807) is 24.9 Å². The van der Waals surface area contributed by atoms with Gasteiger partial charge >= 0.3 is 0 Å². The maximum absolute atomic E-state index is 12.7. The Labute approximate surface area is 221 Å². The van der Waals surface area contributed by atoms with Crippen LogP contribution < -0.4 is 0 Å². The number of aliphatic hydroxyl groups is 2. The highest BCUT2D eigenvalue weighted by Gasteiger charge is 2.15. The van der Waals surface area contributed by atoms with Crippen molar-refractivity contribution >= 4 is 5.91 Å². The summed E-state index contributed by atoms with van der Waals surface area (Å²) in [6.07, 6.45) is 5.54. The van der Waals surface area contributed by atoms with Crippen molar-refractivity contribution in [1.29, 1.82) is 0 Å². The first-order chi connectivity index (χ1) is 16.7. The summed E-state index contributed by atoms with van der Waals surface area (Å²) in [5.74, 6) is -0.0892. The van der Waals surface area contributed by atoms with Gasteiger partial charge in [-0.05, 0) is 96.2 Å². The Morgan fingerprint density at radius 1 is 0.972 bits per heavy atom. The Balaban J connectivity index is 0.00000103. The number of nitrogens with zero attached hydrogens (tertiary/aromatic N) is 2. The fourth-order valence-electron chi connectivity index (χ4n) is 3.91. The summed E-state index contributed by atoms with van der Waals surface area (Å²) >= 11 is 0. The number of carbonyl (C=O) groups excluding carboxylic acids is 1. The van der Waals surface area contributed by atoms with E-state index in [0.29, 0.717) is 17.7 Å². The Kier molecular flexibility index (Phi) is 15.8. The van der Waals surface area contributed by atoms with Crippen molar-refractivity contribution in [2.75, 3.05) is 20.1 Å². The lowest BCUT2D eigenvalue weighted by Crippen LogP contribution is -2.32. The minimum absolute atomic E-state index is 0.0117. The number of hydrogen-bond donors (Lipinski definition) is 2. The fourth-order valence-corrected chi connectivity index (χ4v) is 3.91. The quantitative estimate of drug-likeness (QED) is 0.186. The Morgan fingerprint density at radius 2 is 1.53 bits per heavy atom. The van der Waals surface area contributed by atoms with Crippen molar-refractivity contribution in [3.8, 4) is 0 Å². The number of allylic oxidation sites excluding steroid dienone is 4. The molecule has 36 heavy (non-hydrogen) atoms. The van der Waals surface area contributed by atoms with E-state index in [2.05, 4.69) is 50.8 Å². The largest absolute Gasteiger partial charge is 0.512 e. The number of likely N-dealkylation sites (N-methyl/N-ethyl adjacent to an activating group) is 1. The number of carbonyl (C=O) groups is 1. The van der Waals surface area contributed by atoms with Gasteiger partial charge in [-0.1, -0.05) is 51.5 Å². The van der Waals surface area contributed by atoms with Crippen LogP contribution >= 0.6 is 0 Å². The highest BCUT2D eigenvalue weighted by Crippen LogP contribution is 2.20. The van der Waals surface area contributed by atoms with Crippen LogP contribution in [0, 0.1) is 19.8 Å². The smallest absolute Gasteiger partial charge is 0.249 e. The number of rotatable bonds is 11. The van der Waals surface area contributed by atoms with Gasteiger partial charge in [0, 0.05) is 31.3 Å². The highest BCUT2D eigenvalue weighted by molar-refractivity contribution is 5.93. The average molecular weight is 501 g/mol. The van der Waals surface area contributed by atoms with Crippen molar-refractivity contribution in [2.24, 2.45) is 5.92 Å². The van der Waals surface area contributed by atoms with E-state index in [9.17, 15) is 15.0 Å². The molecule has 1 rings (SSSR count). The zero-order valence-corrected chi connectivity index (χ0v) is 24.8. The van der Waals surface area contributed by atoms with Crippen LogP contribution in [0.4, 0.5) is 0 Å². The molecule has 2 N–H and O–H groups in total. The molecule has 0 aromatic heterocycles. The zero-order valence-electron chi connectivity index (χ0n) is 24.8. The molecule has 0 heterocycles. The SMILES string of the molecule is CCCN(CCC)C(C)C.C\C(O)=C/C(O)=C(\C=C(/C)C(=O)N(C)Cc1cc(C)ccc1C)C(C)C. The van der Waals surface area contributed by atoms with E-state index >= 15 is 0 Å². The Bertz CT molecular complexity index is 900. The van der Waals surface area contributed by atoms with Crippen molar-refractivity contribution in [3.05, 3.63) is 69.7 Å². The number of amides is 1. The third kappa shape index (κ3) is 12.4. The van der Waals surface area contributed by atoms with E-state index in [1.807, 2.05) is 27.7 Å². The molecule has 0 aliphatic rings. The molecule has 0 aliphatic carbocycles. The van der Waals surface area contributed by atoms with Crippen LogP contribution in [-0.4, -0.2) is 52.1 Å². The first kappa shape index (κ1) is 33.5. The average Bonchev–Trinajstić information content (AvgIpc) is 2.78. The van der Waals surface area contributed by atoms with Crippen molar-refractivity contribution in [1.82, 2.24) is 9.80 Å². The third-order valence-electron chi connectivity index (χ3n) is 5.98. The van der Waals surface area contributed by atoms with Crippen LogP contribution in [0.15, 0.2) is 53.0 Å². The van der Waals surface area contributed by atoms with E-state index in [4.69, 9.17) is 0 Å². The molecule has 1 amide bonds. The van der Waals surface area contributed by atoms with Crippen LogP contribution in [0.5, 0.6) is 0 Å². The summed E-state index contributed by atoms with van der Waals surface area (Å²) in [6, 6.07) is 6.94. The van der Waals surface area contributed by atoms with E-state index in [-0.39, 0.29) is 23.3 Å². The predicted molar refractivity (Wildman–Crippen MR) is 154 cm³/mol. The molecule has 0 atom stereocenters. The summed E-state index contributed by atoms with van der Waals surface area (Å²) in [6.45, 7) is 23.2. The molecule has 0 saturated carbocycles. The number of aryl methyl sites for hydroxylation is 2. The third-order valence-corrected chi connectivity index (χ3v) is 5.98. The van der Waals surface area contributed by atoms with Crippen LogP contribution in [-0.2, 0) is 11.3 Å². The first-order valence-electron chi connectivity index (χ1n) is 13.3. The molecule has 1 aromatic rings. The predicted octanol–water partition coefficient (Wildman–Crippen LogP) is 7.65. The normalized spacial score (nSPS) is 13.1. The second kappa shape index (κ2) is 17.0. The molecule has 0 radical (unpaired) electrons. The van der Waals surface area contributed by atoms with Gasteiger partial charge in [-0.25, -0.2) is 0 Å². The van der Waals surface area contributed by atoms with Crippen molar-refractivity contribution < 1.29 is 15.0 Å². The molecular formula is C31H52N2O3. The van der Waals surface area contributed by atoms with Crippen LogP contribution in [0.25, 0.3) is 0 Å². The molecule has 0 fully saturated rings. The standard InChI is InChI=1S/C22H31NO3.C9H21N/c1-14(2)20(21(25)12-18(6)24)11-17(5)22(26)23(7)13-19-10-15(3)8-9-16(19)4;1-5-7-10(8-6-2)9(3)4/h8-12,14,24-25H,13H2,1-7H3;9H,5-8H2,1-4H3/b17-11+,18-12+,21-20-;. The minimum atomic E-state index is -0.0958. The zero-order chi connectivity index (χ0) is 28.0. The number of benzene rings is 1. The van der Waals surface area contributed by atoms with Crippen LogP contribution in [0.2, 0.25) is 0 Å². The van der Waals surface area contributed by atoms with Crippen LogP contribution in [0.1, 0.15) is 84.9 Å². The molecule has 5 heteroatoms. The van der Waals surface area contributed by atoms with Gasteiger partial charge in [0.25, 0.3) is 0 Å². The van der Waals surface area contributed by atoms with Gasteiger partial charge in [0.2, 0.25) is 5.91 Å².